The zero-order valence-corrected chi connectivity index (χ0v) is 20.9. The molecule has 174 valence electrons. The van der Waals surface area contributed by atoms with Crippen LogP contribution in [-0.2, 0) is 4.74 Å². The lowest BCUT2D eigenvalue weighted by Gasteiger charge is -2.37. The number of piperidine rings is 1. The molecule has 2 unspecified atom stereocenters. The third-order valence-corrected chi connectivity index (χ3v) is 6.40. The highest BCUT2D eigenvalue weighted by Crippen LogP contribution is 2.39. The Balaban J connectivity index is 1.64. The molecule has 1 aliphatic heterocycles. The fourth-order valence-corrected chi connectivity index (χ4v) is 4.78. The molecule has 3 heterocycles. The monoisotopic (exact) mass is 513 g/mol. The number of ether oxygens (including phenoxy) is 1. The van der Waals surface area contributed by atoms with Crippen LogP contribution in [0.15, 0.2) is 53.3 Å². The van der Waals surface area contributed by atoms with Crippen molar-refractivity contribution < 1.29 is 13.9 Å². The number of rotatable bonds is 3. The van der Waals surface area contributed by atoms with E-state index in [0.717, 1.165) is 39.1 Å². The van der Waals surface area contributed by atoms with E-state index >= 15 is 0 Å². The number of H-pyrrole nitrogens is 1. The van der Waals surface area contributed by atoms with Gasteiger partial charge in [-0.1, -0.05) is 6.92 Å². The summed E-state index contributed by atoms with van der Waals surface area (Å²) in [4.78, 5) is 22.2. The van der Waals surface area contributed by atoms with Gasteiger partial charge in [0.05, 0.1) is 5.69 Å². The van der Waals surface area contributed by atoms with E-state index in [1.165, 1.54) is 12.1 Å². The number of hydrogen-bond donors (Lipinski definition) is 1. The molecule has 2 atom stereocenters. The fraction of sp³-hybridized carbons (Fsp3) is 0.385. The van der Waals surface area contributed by atoms with Crippen LogP contribution in [0.4, 0.5) is 9.18 Å². The van der Waals surface area contributed by atoms with E-state index in [-0.39, 0.29) is 23.7 Å². The number of nitrogens with zero attached hydrogens (tertiary/aromatic N) is 2. The number of likely N-dealkylation sites (tertiary alicyclic amines) is 1. The highest BCUT2D eigenvalue weighted by atomic mass is 79.9. The average molecular weight is 514 g/mol. The Hall–Kier alpha value is -2.67. The van der Waals surface area contributed by atoms with E-state index < -0.39 is 5.60 Å². The molecule has 4 rings (SSSR count). The van der Waals surface area contributed by atoms with E-state index in [1.807, 2.05) is 32.9 Å². The molecule has 0 radical (unpaired) electrons. The average Bonchev–Trinajstić information content (AvgIpc) is 3.18. The first-order valence-corrected chi connectivity index (χ1v) is 12.0. The summed E-state index contributed by atoms with van der Waals surface area (Å²) in [7, 11) is 0. The van der Waals surface area contributed by atoms with E-state index in [0.29, 0.717) is 13.1 Å². The van der Waals surface area contributed by atoms with Crippen LogP contribution < -0.4 is 0 Å². The van der Waals surface area contributed by atoms with Gasteiger partial charge in [0.15, 0.2) is 0 Å². The van der Waals surface area contributed by atoms with Gasteiger partial charge in [0.25, 0.3) is 0 Å². The van der Waals surface area contributed by atoms with Crippen molar-refractivity contribution in [2.75, 3.05) is 13.1 Å². The number of aromatic nitrogens is 2. The van der Waals surface area contributed by atoms with Crippen LogP contribution in [0, 0.1) is 11.7 Å². The number of carbonyl (C=O) groups excluding carboxylic acids is 1. The van der Waals surface area contributed by atoms with Crippen molar-refractivity contribution in [3.8, 4) is 22.4 Å². The molecular formula is C26H29BrFN3O2. The lowest BCUT2D eigenvalue weighted by atomic mass is 9.84. The Morgan fingerprint density at radius 2 is 1.91 bits per heavy atom. The highest BCUT2D eigenvalue weighted by Gasteiger charge is 2.33. The number of benzene rings is 1. The van der Waals surface area contributed by atoms with Gasteiger partial charge in [0.1, 0.15) is 16.0 Å². The molecule has 1 aromatic carbocycles. The van der Waals surface area contributed by atoms with Crippen LogP contribution in [0.3, 0.4) is 0 Å². The number of carbonyl (C=O) groups is 1. The van der Waals surface area contributed by atoms with Crippen molar-refractivity contribution in [3.05, 3.63) is 64.8 Å². The Morgan fingerprint density at radius 1 is 1.18 bits per heavy atom. The number of pyridine rings is 1. The molecule has 3 aromatic rings. The van der Waals surface area contributed by atoms with Gasteiger partial charge in [-0.15, -0.1) is 0 Å². The van der Waals surface area contributed by atoms with Gasteiger partial charge in [0, 0.05) is 36.5 Å². The second-order valence-corrected chi connectivity index (χ2v) is 10.5. The molecule has 0 aliphatic carbocycles. The molecule has 0 bridgehead atoms. The van der Waals surface area contributed by atoms with Crippen molar-refractivity contribution in [3.63, 3.8) is 0 Å². The van der Waals surface area contributed by atoms with Crippen molar-refractivity contribution in [1.82, 2.24) is 14.9 Å². The van der Waals surface area contributed by atoms with Gasteiger partial charge in [0.2, 0.25) is 0 Å². The standard InChI is InChI=1S/C26H29BrFN3O2/c1-16-15-31(25(32)33-26(2,3)4)12-10-20(16)22-14-21(18-9-11-29-23(27)13-18)24(30-22)17-5-7-19(28)8-6-17/h5-9,11,13-14,16,20,30H,10,12,15H2,1-4H3. The van der Waals surface area contributed by atoms with Gasteiger partial charge >= 0.3 is 6.09 Å². The SMILES string of the molecule is CC1CN(C(=O)OC(C)(C)C)CCC1c1cc(-c2ccnc(Br)c2)c(-c2ccc(F)cc2)[nH]1. The van der Waals surface area contributed by atoms with Gasteiger partial charge < -0.3 is 14.6 Å². The minimum Gasteiger partial charge on any atom is -0.444 e. The maximum Gasteiger partial charge on any atom is 0.410 e. The van der Waals surface area contributed by atoms with Crippen LogP contribution >= 0.6 is 15.9 Å². The summed E-state index contributed by atoms with van der Waals surface area (Å²) in [5.41, 5.74) is 4.55. The molecule has 1 aliphatic rings. The Morgan fingerprint density at radius 3 is 2.55 bits per heavy atom. The predicted molar refractivity (Wildman–Crippen MR) is 131 cm³/mol. The third kappa shape index (κ3) is 5.46. The highest BCUT2D eigenvalue weighted by molar-refractivity contribution is 9.10. The first kappa shape index (κ1) is 23.5. The van der Waals surface area contributed by atoms with Gasteiger partial charge in [-0.2, -0.15) is 0 Å². The summed E-state index contributed by atoms with van der Waals surface area (Å²) in [5, 5.41) is 0. The summed E-state index contributed by atoms with van der Waals surface area (Å²) < 4.78 is 19.9. The second-order valence-electron chi connectivity index (χ2n) is 9.69. The summed E-state index contributed by atoms with van der Waals surface area (Å²) in [6, 6.07) is 12.7. The quantitative estimate of drug-likeness (QED) is 0.383. The number of aromatic amines is 1. The minimum absolute atomic E-state index is 0.253. The molecule has 1 amide bonds. The number of amides is 1. The van der Waals surface area contributed by atoms with E-state index in [9.17, 15) is 9.18 Å². The second kappa shape index (κ2) is 9.29. The number of hydrogen-bond acceptors (Lipinski definition) is 3. The Kier molecular flexibility index (Phi) is 6.61. The molecule has 7 heteroatoms. The van der Waals surface area contributed by atoms with Gasteiger partial charge in [-0.25, -0.2) is 14.2 Å². The van der Waals surface area contributed by atoms with Crippen LogP contribution in [0.2, 0.25) is 0 Å². The van der Waals surface area contributed by atoms with Crippen molar-refractivity contribution in [1.29, 1.82) is 0 Å². The van der Waals surface area contributed by atoms with E-state index in [2.05, 4.69) is 38.9 Å². The number of nitrogens with one attached hydrogen (secondary N) is 1. The first-order valence-electron chi connectivity index (χ1n) is 11.2. The van der Waals surface area contributed by atoms with Crippen LogP contribution in [-0.4, -0.2) is 39.7 Å². The van der Waals surface area contributed by atoms with Crippen LogP contribution in [0.25, 0.3) is 22.4 Å². The summed E-state index contributed by atoms with van der Waals surface area (Å²) >= 11 is 3.46. The van der Waals surface area contributed by atoms with Gasteiger partial charge in [-0.05, 0) is 103 Å². The summed E-state index contributed by atoms with van der Waals surface area (Å²) in [5.74, 6) is 0.256. The number of halogens is 2. The zero-order chi connectivity index (χ0) is 23.8. The largest absolute Gasteiger partial charge is 0.444 e. The van der Waals surface area contributed by atoms with Crippen LogP contribution in [0.5, 0.6) is 0 Å². The fourth-order valence-electron chi connectivity index (χ4n) is 4.42. The Labute approximate surface area is 202 Å². The van der Waals surface area contributed by atoms with Gasteiger partial charge in [-0.3, -0.25) is 0 Å². The third-order valence-electron chi connectivity index (χ3n) is 5.97. The molecule has 0 saturated carbocycles. The molecular weight excluding hydrogens is 485 g/mol. The maximum absolute atomic E-state index is 13.6. The van der Waals surface area contributed by atoms with Crippen molar-refractivity contribution >= 4 is 22.0 Å². The molecule has 0 spiro atoms. The normalized spacial score (nSPS) is 18.9. The minimum atomic E-state index is -0.506. The maximum atomic E-state index is 13.6. The predicted octanol–water partition coefficient (Wildman–Crippen LogP) is 7.01. The summed E-state index contributed by atoms with van der Waals surface area (Å²) in [6.45, 7) is 9.11. The lowest BCUT2D eigenvalue weighted by Crippen LogP contribution is -2.44. The molecule has 33 heavy (non-hydrogen) atoms. The molecule has 1 saturated heterocycles. The Bertz CT molecular complexity index is 1140. The molecule has 2 aromatic heterocycles. The van der Waals surface area contributed by atoms with Crippen molar-refractivity contribution in [2.45, 2.75) is 45.6 Å². The summed E-state index contributed by atoms with van der Waals surface area (Å²) in [6.07, 6.45) is 2.35. The van der Waals surface area contributed by atoms with E-state index in [4.69, 9.17) is 4.74 Å². The molecule has 1 fully saturated rings. The molecule has 1 N–H and O–H groups in total. The van der Waals surface area contributed by atoms with Crippen molar-refractivity contribution in [2.24, 2.45) is 5.92 Å². The zero-order valence-electron chi connectivity index (χ0n) is 19.4. The van der Waals surface area contributed by atoms with Crippen LogP contribution in [0.1, 0.15) is 45.7 Å². The molecule has 5 nitrogen and oxygen atoms in total. The lowest BCUT2D eigenvalue weighted by molar-refractivity contribution is 0.0154. The van der Waals surface area contributed by atoms with E-state index in [1.54, 1.807) is 23.2 Å². The smallest absolute Gasteiger partial charge is 0.410 e. The topological polar surface area (TPSA) is 58.2 Å². The first-order chi connectivity index (χ1) is 15.6.